The Morgan fingerprint density at radius 3 is 2.67 bits per heavy atom. The van der Waals surface area contributed by atoms with Crippen LogP contribution in [0.2, 0.25) is 0 Å². The Balaban J connectivity index is 2.09. The lowest BCUT2D eigenvalue weighted by atomic mass is 10.0. The molecule has 1 heterocycles. The number of hydrogen-bond acceptors (Lipinski definition) is 3. The van der Waals surface area contributed by atoms with Crippen LogP contribution in [-0.2, 0) is 0 Å². The summed E-state index contributed by atoms with van der Waals surface area (Å²) in [5, 5.41) is 1.23. The third-order valence-electron chi connectivity index (χ3n) is 3.60. The fourth-order valence-electron chi connectivity index (χ4n) is 2.40. The van der Waals surface area contributed by atoms with Crippen LogP contribution >= 0.6 is 27.3 Å². The summed E-state index contributed by atoms with van der Waals surface area (Å²) in [6.07, 6.45) is 0. The van der Waals surface area contributed by atoms with Gasteiger partial charge < -0.3 is 10.5 Å². The van der Waals surface area contributed by atoms with Gasteiger partial charge in [0, 0.05) is 19.6 Å². The molecule has 1 unspecified atom stereocenters. The van der Waals surface area contributed by atoms with E-state index in [9.17, 15) is 0 Å². The highest BCUT2D eigenvalue weighted by Crippen LogP contribution is 2.37. The maximum atomic E-state index is 6.49. The molecule has 3 aromatic rings. The zero-order chi connectivity index (χ0) is 15.0. The zero-order valence-corrected chi connectivity index (χ0v) is 14.3. The number of fused-ring (bicyclic) bond motifs is 1. The summed E-state index contributed by atoms with van der Waals surface area (Å²) in [5.41, 5.74) is 8.62. The molecule has 4 heteroatoms. The fourth-order valence-corrected chi connectivity index (χ4v) is 3.85. The van der Waals surface area contributed by atoms with Gasteiger partial charge in [-0.25, -0.2) is 0 Å². The Morgan fingerprint density at radius 2 is 1.95 bits per heavy atom. The van der Waals surface area contributed by atoms with E-state index in [1.807, 2.05) is 19.1 Å². The molecule has 0 radical (unpaired) electrons. The molecule has 2 aromatic carbocycles. The summed E-state index contributed by atoms with van der Waals surface area (Å²) in [6, 6.07) is 14.4. The molecule has 0 spiro atoms. The van der Waals surface area contributed by atoms with Gasteiger partial charge in [0.25, 0.3) is 0 Å². The van der Waals surface area contributed by atoms with Crippen molar-refractivity contribution < 1.29 is 4.74 Å². The van der Waals surface area contributed by atoms with Gasteiger partial charge in [-0.3, -0.25) is 0 Å². The van der Waals surface area contributed by atoms with Crippen molar-refractivity contribution in [3.05, 3.63) is 62.9 Å². The van der Waals surface area contributed by atoms with E-state index in [2.05, 4.69) is 46.3 Å². The van der Waals surface area contributed by atoms with E-state index in [0.717, 1.165) is 26.2 Å². The Labute approximate surface area is 136 Å². The second kappa shape index (κ2) is 5.79. The second-order valence-corrected chi connectivity index (χ2v) is 6.98. The molecule has 0 amide bonds. The first-order valence-electron chi connectivity index (χ1n) is 6.68. The van der Waals surface area contributed by atoms with Gasteiger partial charge in [-0.05, 0) is 42.1 Å². The summed E-state index contributed by atoms with van der Waals surface area (Å²) >= 11 is 5.31. The van der Waals surface area contributed by atoms with Crippen molar-refractivity contribution in [3.8, 4) is 5.75 Å². The summed E-state index contributed by atoms with van der Waals surface area (Å²) < 4.78 is 7.81. The molecule has 1 atom stereocenters. The maximum absolute atomic E-state index is 6.49. The van der Waals surface area contributed by atoms with E-state index < -0.39 is 0 Å². The minimum atomic E-state index is -0.186. The van der Waals surface area contributed by atoms with Gasteiger partial charge in [-0.1, -0.05) is 34.1 Å². The SMILES string of the molecule is COc1cc(C)c(Br)cc1C(N)c1cc2ccccc2s1. The number of nitrogens with two attached hydrogens (primary N) is 1. The minimum Gasteiger partial charge on any atom is -0.496 e. The molecule has 0 aliphatic rings. The van der Waals surface area contributed by atoms with E-state index >= 15 is 0 Å². The Kier molecular flexibility index (Phi) is 4.02. The van der Waals surface area contributed by atoms with Crippen LogP contribution in [0.15, 0.2) is 46.9 Å². The molecule has 3 rings (SSSR count). The van der Waals surface area contributed by atoms with Crippen molar-refractivity contribution >= 4 is 37.4 Å². The van der Waals surface area contributed by atoms with Crippen molar-refractivity contribution in [2.45, 2.75) is 13.0 Å². The average molecular weight is 362 g/mol. The van der Waals surface area contributed by atoms with E-state index in [1.165, 1.54) is 10.1 Å². The average Bonchev–Trinajstić information content (AvgIpc) is 2.92. The molecule has 0 fully saturated rings. The number of rotatable bonds is 3. The van der Waals surface area contributed by atoms with Crippen LogP contribution in [0.4, 0.5) is 0 Å². The quantitative estimate of drug-likeness (QED) is 0.709. The number of halogens is 1. The van der Waals surface area contributed by atoms with Gasteiger partial charge in [0.1, 0.15) is 5.75 Å². The summed E-state index contributed by atoms with van der Waals surface area (Å²) in [4.78, 5) is 1.14. The summed E-state index contributed by atoms with van der Waals surface area (Å²) in [6.45, 7) is 2.04. The highest BCUT2D eigenvalue weighted by atomic mass is 79.9. The van der Waals surface area contributed by atoms with Crippen molar-refractivity contribution in [3.63, 3.8) is 0 Å². The number of aryl methyl sites for hydroxylation is 1. The van der Waals surface area contributed by atoms with E-state index in [0.29, 0.717) is 0 Å². The lowest BCUT2D eigenvalue weighted by Gasteiger charge is -2.16. The predicted octanol–water partition coefficient (Wildman–Crippen LogP) is 5.03. The van der Waals surface area contributed by atoms with E-state index in [1.54, 1.807) is 18.4 Å². The first-order valence-corrected chi connectivity index (χ1v) is 8.29. The molecule has 2 nitrogen and oxygen atoms in total. The number of ether oxygens (including phenoxy) is 1. The van der Waals surface area contributed by atoms with Crippen molar-refractivity contribution in [2.75, 3.05) is 7.11 Å². The predicted molar refractivity (Wildman–Crippen MR) is 93.3 cm³/mol. The zero-order valence-electron chi connectivity index (χ0n) is 11.9. The highest BCUT2D eigenvalue weighted by molar-refractivity contribution is 9.10. The highest BCUT2D eigenvalue weighted by Gasteiger charge is 2.18. The maximum Gasteiger partial charge on any atom is 0.124 e. The molecule has 0 bridgehead atoms. The number of benzene rings is 2. The molecular weight excluding hydrogens is 346 g/mol. The van der Waals surface area contributed by atoms with Gasteiger partial charge in [0.15, 0.2) is 0 Å². The summed E-state index contributed by atoms with van der Waals surface area (Å²) in [5.74, 6) is 0.834. The molecule has 0 saturated heterocycles. The molecule has 1 aromatic heterocycles. The molecule has 2 N–H and O–H groups in total. The second-order valence-electron chi connectivity index (χ2n) is 5.01. The number of thiophene rings is 1. The first kappa shape index (κ1) is 14.6. The largest absolute Gasteiger partial charge is 0.496 e. The molecule has 108 valence electrons. The van der Waals surface area contributed by atoms with E-state index in [-0.39, 0.29) is 6.04 Å². The van der Waals surface area contributed by atoms with Gasteiger partial charge in [-0.2, -0.15) is 0 Å². The molecule has 21 heavy (non-hydrogen) atoms. The Hall–Kier alpha value is -1.36. The topological polar surface area (TPSA) is 35.2 Å². The molecular formula is C17H16BrNOS. The number of methoxy groups -OCH3 is 1. The molecule has 0 aliphatic carbocycles. The van der Waals surface area contributed by atoms with Gasteiger partial charge in [0.2, 0.25) is 0 Å². The Bertz CT molecular complexity index is 764. The van der Waals surface area contributed by atoms with E-state index in [4.69, 9.17) is 10.5 Å². The number of hydrogen-bond donors (Lipinski definition) is 1. The summed E-state index contributed by atoms with van der Waals surface area (Å²) in [7, 11) is 1.68. The Morgan fingerprint density at radius 1 is 1.19 bits per heavy atom. The van der Waals surface area contributed by atoms with Crippen LogP contribution in [0.25, 0.3) is 10.1 Å². The standard InChI is InChI=1S/C17H16BrNOS/c1-10-7-14(20-2)12(9-13(10)18)17(19)16-8-11-5-3-4-6-15(11)21-16/h3-9,17H,19H2,1-2H3. The third kappa shape index (κ3) is 2.71. The van der Waals surface area contributed by atoms with Crippen LogP contribution in [0.3, 0.4) is 0 Å². The first-order chi connectivity index (χ1) is 10.1. The van der Waals surface area contributed by atoms with Crippen molar-refractivity contribution in [1.82, 2.24) is 0 Å². The van der Waals surface area contributed by atoms with Crippen LogP contribution in [-0.4, -0.2) is 7.11 Å². The minimum absolute atomic E-state index is 0.186. The molecule has 0 saturated carbocycles. The monoisotopic (exact) mass is 361 g/mol. The van der Waals surface area contributed by atoms with Crippen molar-refractivity contribution in [1.29, 1.82) is 0 Å². The smallest absolute Gasteiger partial charge is 0.124 e. The lowest BCUT2D eigenvalue weighted by molar-refractivity contribution is 0.407. The third-order valence-corrected chi connectivity index (χ3v) is 5.65. The lowest BCUT2D eigenvalue weighted by Crippen LogP contribution is -2.12. The van der Waals surface area contributed by atoms with Gasteiger partial charge >= 0.3 is 0 Å². The van der Waals surface area contributed by atoms with Crippen LogP contribution < -0.4 is 10.5 Å². The molecule has 0 aliphatic heterocycles. The van der Waals surface area contributed by atoms with Crippen molar-refractivity contribution in [2.24, 2.45) is 5.73 Å². The normalized spacial score (nSPS) is 12.6. The van der Waals surface area contributed by atoms with Crippen LogP contribution in [0, 0.1) is 6.92 Å². The van der Waals surface area contributed by atoms with Crippen LogP contribution in [0.1, 0.15) is 22.0 Å². The van der Waals surface area contributed by atoms with Gasteiger partial charge in [-0.15, -0.1) is 11.3 Å². The van der Waals surface area contributed by atoms with Crippen LogP contribution in [0.5, 0.6) is 5.75 Å². The van der Waals surface area contributed by atoms with Gasteiger partial charge in [0.05, 0.1) is 13.2 Å². The fraction of sp³-hybridized carbons (Fsp3) is 0.176.